The minimum Gasteiger partial charge on any atom is -0.476 e. The Bertz CT molecular complexity index is 506. The summed E-state index contributed by atoms with van der Waals surface area (Å²) in [5, 5.41) is 15.8. The normalized spacial score (nSPS) is 10.1. The Labute approximate surface area is 84.9 Å². The van der Waals surface area contributed by atoms with Gasteiger partial charge in [-0.1, -0.05) is 17.3 Å². The third kappa shape index (κ3) is 1.64. The molecule has 76 valence electrons. The van der Waals surface area contributed by atoms with E-state index in [0.717, 1.165) is 0 Å². The largest absolute Gasteiger partial charge is 0.476 e. The average Bonchev–Trinajstić information content (AvgIpc) is 2.67. The summed E-state index contributed by atoms with van der Waals surface area (Å²) in [6.07, 6.45) is 1.31. The molecule has 0 amide bonds. The van der Waals surface area contributed by atoms with Crippen LogP contribution in [0.15, 0.2) is 30.5 Å². The summed E-state index contributed by atoms with van der Waals surface area (Å²) in [5.41, 5.74) is 6.71. The van der Waals surface area contributed by atoms with Crippen LogP contribution in [0, 0.1) is 0 Å². The van der Waals surface area contributed by atoms with Gasteiger partial charge < -0.3 is 10.8 Å². The van der Waals surface area contributed by atoms with Gasteiger partial charge in [-0.15, -0.1) is 5.10 Å². The van der Waals surface area contributed by atoms with Gasteiger partial charge in [0.05, 0.1) is 17.6 Å². The summed E-state index contributed by atoms with van der Waals surface area (Å²) in [6.45, 7) is 0. The number of para-hydroxylation sites is 2. The number of nitrogens with zero attached hydrogens (tertiary/aromatic N) is 3. The van der Waals surface area contributed by atoms with E-state index in [1.54, 1.807) is 24.3 Å². The average molecular weight is 204 g/mol. The van der Waals surface area contributed by atoms with Crippen LogP contribution in [0.2, 0.25) is 0 Å². The number of aromatic carboxylic acids is 1. The molecular weight excluding hydrogens is 196 g/mol. The highest BCUT2D eigenvalue weighted by molar-refractivity contribution is 5.84. The lowest BCUT2D eigenvalue weighted by atomic mass is 10.3. The summed E-state index contributed by atoms with van der Waals surface area (Å²) in [4.78, 5) is 10.6. The number of benzene rings is 1. The van der Waals surface area contributed by atoms with Gasteiger partial charge in [-0.25, -0.2) is 9.48 Å². The molecule has 15 heavy (non-hydrogen) atoms. The predicted octanol–water partition coefficient (Wildman–Crippen LogP) is 0.548. The first-order valence-electron chi connectivity index (χ1n) is 4.19. The number of carboxylic acids is 1. The van der Waals surface area contributed by atoms with Crippen molar-refractivity contribution < 1.29 is 9.90 Å². The van der Waals surface area contributed by atoms with Crippen molar-refractivity contribution in [3.05, 3.63) is 36.2 Å². The first kappa shape index (κ1) is 9.20. The standard InChI is InChI=1S/C9H8N4O2/c10-6-3-1-2-4-8(6)13-5-7(9(14)15)11-12-13/h1-5H,10H2,(H,14,15). The second kappa shape index (κ2) is 3.41. The molecule has 0 unspecified atom stereocenters. The second-order valence-electron chi connectivity index (χ2n) is 2.91. The Kier molecular flexibility index (Phi) is 2.09. The molecule has 0 bridgehead atoms. The number of nitrogen functional groups attached to an aromatic ring is 1. The van der Waals surface area contributed by atoms with Crippen molar-refractivity contribution in [1.82, 2.24) is 15.0 Å². The van der Waals surface area contributed by atoms with Crippen LogP contribution in [-0.2, 0) is 0 Å². The molecule has 1 heterocycles. The molecule has 1 aromatic heterocycles. The number of rotatable bonds is 2. The molecule has 6 nitrogen and oxygen atoms in total. The van der Waals surface area contributed by atoms with Crippen LogP contribution < -0.4 is 5.73 Å². The number of aromatic nitrogens is 3. The smallest absolute Gasteiger partial charge is 0.358 e. The Morgan fingerprint density at radius 3 is 2.73 bits per heavy atom. The van der Waals surface area contributed by atoms with E-state index in [1.165, 1.54) is 10.9 Å². The molecule has 2 rings (SSSR count). The van der Waals surface area contributed by atoms with Crippen molar-refractivity contribution in [3.8, 4) is 5.69 Å². The van der Waals surface area contributed by atoms with Gasteiger partial charge in [0, 0.05) is 0 Å². The lowest BCUT2D eigenvalue weighted by molar-refractivity contribution is 0.0690. The van der Waals surface area contributed by atoms with Crippen molar-refractivity contribution in [2.24, 2.45) is 0 Å². The van der Waals surface area contributed by atoms with Crippen LogP contribution in [0.25, 0.3) is 5.69 Å². The lowest BCUT2D eigenvalue weighted by Crippen LogP contribution is -1.99. The minimum atomic E-state index is -1.12. The van der Waals surface area contributed by atoms with E-state index in [2.05, 4.69) is 10.3 Å². The SMILES string of the molecule is Nc1ccccc1-n1cc(C(=O)O)nn1. The number of carbonyl (C=O) groups is 1. The number of hydrogen-bond donors (Lipinski definition) is 2. The Morgan fingerprint density at radius 1 is 1.40 bits per heavy atom. The first-order chi connectivity index (χ1) is 7.18. The zero-order valence-electron chi connectivity index (χ0n) is 7.66. The van der Waals surface area contributed by atoms with Gasteiger partial charge in [0.2, 0.25) is 0 Å². The maximum atomic E-state index is 10.6. The molecular formula is C9H8N4O2. The molecule has 0 spiro atoms. The van der Waals surface area contributed by atoms with Gasteiger partial charge in [-0.3, -0.25) is 0 Å². The van der Waals surface area contributed by atoms with Crippen LogP contribution >= 0.6 is 0 Å². The highest BCUT2D eigenvalue weighted by Crippen LogP contribution is 2.14. The number of anilines is 1. The number of carboxylic acid groups (broad SMARTS) is 1. The van der Waals surface area contributed by atoms with Crippen LogP contribution in [0.5, 0.6) is 0 Å². The first-order valence-corrected chi connectivity index (χ1v) is 4.19. The summed E-state index contributed by atoms with van der Waals surface area (Å²) < 4.78 is 1.33. The van der Waals surface area contributed by atoms with Crippen LogP contribution in [0.3, 0.4) is 0 Å². The molecule has 3 N–H and O–H groups in total. The van der Waals surface area contributed by atoms with Crippen LogP contribution in [0.1, 0.15) is 10.5 Å². The molecule has 0 fully saturated rings. The summed E-state index contributed by atoms with van der Waals surface area (Å²) in [5.74, 6) is -1.12. The summed E-state index contributed by atoms with van der Waals surface area (Å²) in [7, 11) is 0. The van der Waals surface area contributed by atoms with Gasteiger partial charge >= 0.3 is 5.97 Å². The number of nitrogens with two attached hydrogens (primary N) is 1. The van der Waals surface area contributed by atoms with Crippen LogP contribution in [0.4, 0.5) is 5.69 Å². The second-order valence-corrected chi connectivity index (χ2v) is 2.91. The summed E-state index contributed by atoms with van der Waals surface area (Å²) in [6, 6.07) is 7.01. The van der Waals surface area contributed by atoms with E-state index in [1.807, 2.05) is 0 Å². The Hall–Kier alpha value is -2.37. The van der Waals surface area contributed by atoms with E-state index >= 15 is 0 Å². The van der Waals surface area contributed by atoms with Crippen molar-refractivity contribution in [3.63, 3.8) is 0 Å². The van der Waals surface area contributed by atoms with Crippen molar-refractivity contribution in [2.75, 3.05) is 5.73 Å². The maximum absolute atomic E-state index is 10.6. The zero-order valence-corrected chi connectivity index (χ0v) is 7.66. The van der Waals surface area contributed by atoms with Gasteiger partial charge in [0.25, 0.3) is 0 Å². The fourth-order valence-electron chi connectivity index (χ4n) is 1.18. The molecule has 0 saturated carbocycles. The van der Waals surface area contributed by atoms with E-state index in [4.69, 9.17) is 10.8 Å². The van der Waals surface area contributed by atoms with E-state index in [-0.39, 0.29) is 5.69 Å². The molecule has 0 atom stereocenters. The van der Waals surface area contributed by atoms with Gasteiger partial charge in [0.15, 0.2) is 5.69 Å². The molecule has 2 aromatic rings. The monoisotopic (exact) mass is 204 g/mol. The topological polar surface area (TPSA) is 94.0 Å². The molecule has 1 aromatic carbocycles. The fraction of sp³-hybridized carbons (Fsp3) is 0. The van der Waals surface area contributed by atoms with Gasteiger partial charge in [0.1, 0.15) is 0 Å². The van der Waals surface area contributed by atoms with E-state index in [0.29, 0.717) is 11.4 Å². The molecule has 6 heteroatoms. The predicted molar refractivity (Wildman–Crippen MR) is 52.7 cm³/mol. The molecule has 0 radical (unpaired) electrons. The van der Waals surface area contributed by atoms with Crippen LogP contribution in [-0.4, -0.2) is 26.1 Å². The number of hydrogen-bond acceptors (Lipinski definition) is 4. The van der Waals surface area contributed by atoms with Gasteiger partial charge in [-0.2, -0.15) is 0 Å². The molecule has 0 aliphatic carbocycles. The van der Waals surface area contributed by atoms with E-state index in [9.17, 15) is 4.79 Å². The maximum Gasteiger partial charge on any atom is 0.358 e. The third-order valence-corrected chi connectivity index (χ3v) is 1.90. The van der Waals surface area contributed by atoms with Crippen molar-refractivity contribution in [1.29, 1.82) is 0 Å². The quantitative estimate of drug-likeness (QED) is 0.696. The Balaban J connectivity index is 2.46. The van der Waals surface area contributed by atoms with Crippen molar-refractivity contribution >= 4 is 11.7 Å². The molecule has 0 aliphatic heterocycles. The van der Waals surface area contributed by atoms with Crippen molar-refractivity contribution in [2.45, 2.75) is 0 Å². The van der Waals surface area contributed by atoms with Gasteiger partial charge in [-0.05, 0) is 12.1 Å². The minimum absolute atomic E-state index is 0.113. The molecule has 0 saturated heterocycles. The zero-order chi connectivity index (χ0) is 10.8. The van der Waals surface area contributed by atoms with E-state index < -0.39 is 5.97 Å². The highest BCUT2D eigenvalue weighted by atomic mass is 16.4. The third-order valence-electron chi connectivity index (χ3n) is 1.90. The fourth-order valence-corrected chi connectivity index (χ4v) is 1.18. The molecule has 0 aliphatic rings. The highest BCUT2D eigenvalue weighted by Gasteiger charge is 2.10. The Morgan fingerprint density at radius 2 is 2.13 bits per heavy atom. The lowest BCUT2D eigenvalue weighted by Gasteiger charge is -2.02. The summed E-state index contributed by atoms with van der Waals surface area (Å²) >= 11 is 0.